The highest BCUT2D eigenvalue weighted by Crippen LogP contribution is 2.44. The number of ether oxygens (including phenoxy) is 6. The predicted octanol–water partition coefficient (Wildman–Crippen LogP) is -1.91. The molecule has 2 saturated heterocycles. The van der Waals surface area contributed by atoms with E-state index in [2.05, 4.69) is 11.6 Å². The number of esters is 1. The number of para-hydroxylation sites is 1. The first kappa shape index (κ1) is 37.3. The summed E-state index contributed by atoms with van der Waals surface area (Å²) in [6.45, 7) is 2.69. The molecule has 14 atom stereocenters. The number of aliphatic hydroxyl groups excluding tert-OH is 7. The average molecular weight is 721 g/mol. The first-order valence-electron chi connectivity index (χ1n) is 16.6. The van der Waals surface area contributed by atoms with E-state index < -0.39 is 105 Å². The van der Waals surface area contributed by atoms with E-state index in [0.717, 1.165) is 22.2 Å². The van der Waals surface area contributed by atoms with Crippen LogP contribution in [0.4, 0.5) is 0 Å². The molecule has 6 rings (SSSR count). The van der Waals surface area contributed by atoms with Gasteiger partial charge in [0.2, 0.25) is 12.2 Å². The van der Waals surface area contributed by atoms with Crippen LogP contribution in [0, 0.1) is 11.8 Å². The summed E-state index contributed by atoms with van der Waals surface area (Å²) in [5, 5.41) is 73.2. The topological polar surface area (TPSA) is 250 Å². The summed E-state index contributed by atoms with van der Waals surface area (Å²) >= 11 is 0. The van der Waals surface area contributed by atoms with Crippen LogP contribution in [0.3, 0.4) is 0 Å². The van der Waals surface area contributed by atoms with Crippen molar-refractivity contribution >= 4 is 22.8 Å². The predicted molar refractivity (Wildman–Crippen MR) is 172 cm³/mol. The molecule has 1 aromatic carbocycles. The summed E-state index contributed by atoms with van der Waals surface area (Å²) in [5.41, 5.74) is 2.69. The Morgan fingerprint density at radius 2 is 1.65 bits per heavy atom. The van der Waals surface area contributed by atoms with Crippen molar-refractivity contribution in [2.24, 2.45) is 11.8 Å². The standard InChI is InChI=1S/C34H44N2O15/c1-4-14-16(9-20-24-17(10-23(38)36(20)2)15-7-5-6-8-19(15)35-24)18(31(45)46-3)12-47-32(14)51-34-30(44)28(42)26(40)22(50-34)13-48-33-29(43)27(41)25(39)21(11-37)49-33/h4-8,12,14,16,20-22,25-30,32-35,37,39-44H,1,9-11,13H2,2-3H3/t14-,16+,20+,21-,22-,25-,26-,27+,28+,29-,30-,32+,33-,34+/m1/s1. The maximum atomic E-state index is 13.2. The van der Waals surface area contributed by atoms with Gasteiger partial charge in [-0.05, 0) is 18.1 Å². The molecule has 2 fully saturated rings. The van der Waals surface area contributed by atoms with E-state index in [9.17, 15) is 45.3 Å². The fourth-order valence-electron chi connectivity index (χ4n) is 7.26. The summed E-state index contributed by atoms with van der Waals surface area (Å²) in [4.78, 5) is 31.3. The van der Waals surface area contributed by atoms with Crippen LogP contribution >= 0.6 is 0 Å². The Bertz CT molecular complexity index is 1610. The normalized spacial score (nSPS) is 38.5. The van der Waals surface area contributed by atoms with Crippen LogP contribution in [-0.4, -0.2) is 153 Å². The Hall–Kier alpha value is -3.46. The molecule has 0 saturated carbocycles. The lowest BCUT2D eigenvalue weighted by Crippen LogP contribution is -2.62. The molecule has 0 spiro atoms. The van der Waals surface area contributed by atoms with Gasteiger partial charge in [0, 0.05) is 35.5 Å². The number of methoxy groups -OCH3 is 1. The van der Waals surface area contributed by atoms with Gasteiger partial charge >= 0.3 is 5.97 Å². The van der Waals surface area contributed by atoms with Crippen molar-refractivity contribution in [2.75, 3.05) is 27.4 Å². The molecular weight excluding hydrogens is 676 g/mol. The molecule has 0 bridgehead atoms. The van der Waals surface area contributed by atoms with Crippen molar-refractivity contribution < 1.29 is 73.8 Å². The molecule has 1 aromatic heterocycles. The van der Waals surface area contributed by atoms with Gasteiger partial charge < -0.3 is 74.1 Å². The summed E-state index contributed by atoms with van der Waals surface area (Å²) in [7, 11) is 2.91. The van der Waals surface area contributed by atoms with E-state index in [4.69, 9.17) is 28.4 Å². The number of carbonyl (C=O) groups excluding carboxylic acids is 2. The fraction of sp³-hybridized carbons (Fsp3) is 0.588. The number of aromatic amines is 1. The first-order chi connectivity index (χ1) is 24.4. The third-order valence-corrected chi connectivity index (χ3v) is 10.3. The van der Waals surface area contributed by atoms with E-state index in [0.29, 0.717) is 0 Å². The maximum Gasteiger partial charge on any atom is 0.337 e. The molecule has 280 valence electrons. The molecule has 2 aromatic rings. The second-order valence-electron chi connectivity index (χ2n) is 13.2. The number of nitrogens with one attached hydrogen (secondary N) is 1. The third-order valence-electron chi connectivity index (χ3n) is 10.3. The second kappa shape index (κ2) is 15.3. The summed E-state index contributed by atoms with van der Waals surface area (Å²) < 4.78 is 33.6. The lowest BCUT2D eigenvalue weighted by molar-refractivity contribution is -0.352. The Morgan fingerprint density at radius 1 is 0.980 bits per heavy atom. The Morgan fingerprint density at radius 3 is 2.33 bits per heavy atom. The summed E-state index contributed by atoms with van der Waals surface area (Å²) in [5.74, 6) is -2.29. The van der Waals surface area contributed by atoms with Crippen molar-refractivity contribution in [2.45, 2.75) is 86.6 Å². The molecule has 5 heterocycles. The minimum absolute atomic E-state index is 0.112. The first-order valence-corrected chi connectivity index (χ1v) is 16.6. The van der Waals surface area contributed by atoms with Crippen LogP contribution in [0.2, 0.25) is 0 Å². The second-order valence-corrected chi connectivity index (χ2v) is 13.2. The van der Waals surface area contributed by atoms with E-state index in [1.165, 1.54) is 19.4 Å². The van der Waals surface area contributed by atoms with E-state index in [-0.39, 0.29) is 24.3 Å². The number of H-pyrrole nitrogens is 1. The number of rotatable bonds is 10. The zero-order chi connectivity index (χ0) is 36.7. The number of likely N-dealkylation sites (N-methyl/N-ethyl adjacent to an activating group) is 1. The molecule has 8 N–H and O–H groups in total. The zero-order valence-corrected chi connectivity index (χ0v) is 27.9. The fourth-order valence-corrected chi connectivity index (χ4v) is 7.26. The van der Waals surface area contributed by atoms with Gasteiger partial charge in [0.1, 0.15) is 48.8 Å². The van der Waals surface area contributed by atoms with Crippen LogP contribution in [0.25, 0.3) is 10.9 Å². The SMILES string of the molecule is C=C[C@H]1[C@H](O[C@@H]2O[C@H](CO[C@@H]3O[C@H](CO)[C@@H](O)[C@H](O)[C@H]3O)[C@@H](O)[C@H](O)[C@H]2O)OC=C(C(=O)OC)[C@H]1C[C@H]1c2[nH]c3ccccc3c2CC(=O)N1C. The molecule has 17 heteroatoms. The number of benzene rings is 1. The number of nitrogens with zero attached hydrogens (tertiary/aromatic N) is 1. The van der Waals surface area contributed by atoms with Crippen molar-refractivity contribution in [1.82, 2.24) is 9.88 Å². The van der Waals surface area contributed by atoms with Crippen LogP contribution < -0.4 is 0 Å². The molecule has 1 amide bonds. The van der Waals surface area contributed by atoms with Crippen LogP contribution in [0.1, 0.15) is 23.7 Å². The lowest BCUT2D eigenvalue weighted by atomic mass is 9.77. The minimum Gasteiger partial charge on any atom is -0.471 e. The van der Waals surface area contributed by atoms with Crippen LogP contribution in [-0.2, 0) is 44.4 Å². The van der Waals surface area contributed by atoms with Gasteiger partial charge in [0.25, 0.3) is 0 Å². The van der Waals surface area contributed by atoms with Crippen LogP contribution in [0.5, 0.6) is 0 Å². The van der Waals surface area contributed by atoms with Crippen molar-refractivity contribution in [3.05, 3.63) is 60.0 Å². The van der Waals surface area contributed by atoms with Crippen molar-refractivity contribution in [1.29, 1.82) is 0 Å². The quantitative estimate of drug-likeness (QED) is 0.0985. The molecule has 4 aliphatic heterocycles. The number of aromatic nitrogens is 1. The van der Waals surface area contributed by atoms with Gasteiger partial charge in [0.15, 0.2) is 12.6 Å². The van der Waals surface area contributed by atoms with Gasteiger partial charge in [-0.3, -0.25) is 4.79 Å². The van der Waals surface area contributed by atoms with Crippen molar-refractivity contribution in [3.63, 3.8) is 0 Å². The third kappa shape index (κ3) is 6.92. The smallest absolute Gasteiger partial charge is 0.337 e. The highest BCUT2D eigenvalue weighted by molar-refractivity contribution is 5.92. The highest BCUT2D eigenvalue weighted by Gasteiger charge is 2.50. The molecular formula is C34H44N2O15. The Labute approximate surface area is 292 Å². The number of fused-ring (bicyclic) bond motifs is 3. The maximum absolute atomic E-state index is 13.2. The van der Waals surface area contributed by atoms with Gasteiger partial charge in [-0.15, -0.1) is 6.58 Å². The molecule has 4 aliphatic rings. The zero-order valence-electron chi connectivity index (χ0n) is 27.9. The van der Waals surface area contributed by atoms with Gasteiger partial charge in [-0.2, -0.15) is 0 Å². The molecule has 0 unspecified atom stereocenters. The van der Waals surface area contributed by atoms with Crippen molar-refractivity contribution in [3.8, 4) is 0 Å². The van der Waals surface area contributed by atoms with Crippen LogP contribution in [0.15, 0.2) is 48.8 Å². The van der Waals surface area contributed by atoms with Gasteiger partial charge in [-0.25, -0.2) is 4.79 Å². The van der Waals surface area contributed by atoms with E-state index >= 15 is 0 Å². The largest absolute Gasteiger partial charge is 0.471 e. The molecule has 0 radical (unpaired) electrons. The monoisotopic (exact) mass is 720 g/mol. The Kier molecular flexibility index (Phi) is 11.2. The summed E-state index contributed by atoms with van der Waals surface area (Å²) in [6, 6.07) is 7.13. The minimum atomic E-state index is -1.81. The lowest BCUT2D eigenvalue weighted by Gasteiger charge is -2.45. The molecule has 17 nitrogen and oxygen atoms in total. The summed E-state index contributed by atoms with van der Waals surface area (Å²) in [6.07, 6.45) is -14.4. The highest BCUT2D eigenvalue weighted by atomic mass is 16.8. The number of amides is 1. The number of hydrogen-bond acceptors (Lipinski definition) is 15. The molecule has 0 aliphatic carbocycles. The Balaban J connectivity index is 1.22. The molecule has 51 heavy (non-hydrogen) atoms. The number of carbonyl (C=O) groups is 2. The van der Waals surface area contributed by atoms with Gasteiger partial charge in [-0.1, -0.05) is 24.3 Å². The number of hydrogen-bond donors (Lipinski definition) is 8. The van der Waals surface area contributed by atoms with E-state index in [1.807, 2.05) is 24.3 Å². The van der Waals surface area contributed by atoms with E-state index in [1.54, 1.807) is 11.9 Å². The van der Waals surface area contributed by atoms with Gasteiger partial charge in [0.05, 0.1) is 44.6 Å². The number of aliphatic hydroxyl groups is 7. The average Bonchev–Trinajstić information content (AvgIpc) is 3.50.